The van der Waals surface area contributed by atoms with Crippen molar-refractivity contribution in [1.29, 1.82) is 0 Å². The van der Waals surface area contributed by atoms with Crippen LogP contribution in [0.2, 0.25) is 0 Å². The minimum absolute atomic E-state index is 0.0820. The van der Waals surface area contributed by atoms with Gasteiger partial charge in [0, 0.05) is 10.1 Å². The Morgan fingerprint density at radius 3 is 3.09 bits per heavy atom. The Morgan fingerprint density at radius 1 is 1.82 bits per heavy atom. The zero-order valence-electron chi connectivity index (χ0n) is 6.22. The van der Waals surface area contributed by atoms with Crippen molar-refractivity contribution in [1.82, 2.24) is 10.2 Å². The average molecular weight is 264 g/mol. The Hall–Kier alpha value is -0.390. The maximum Gasteiger partial charge on any atom is 0.163 e. The number of nitrogens with zero attached hydrogens (tertiary/aromatic N) is 1. The molecule has 0 fully saturated rings. The molecule has 0 saturated carbocycles. The summed E-state index contributed by atoms with van der Waals surface area (Å²) in [6.45, 7) is 1.56. The van der Waals surface area contributed by atoms with Crippen LogP contribution in [-0.2, 0) is 6.42 Å². The molecule has 1 N–H and O–H groups in total. The Morgan fingerprint density at radius 2 is 2.55 bits per heavy atom. The van der Waals surface area contributed by atoms with E-state index in [-0.39, 0.29) is 5.78 Å². The second-order valence-corrected chi connectivity index (χ2v) is 3.34. The number of aryl methyl sites for hydroxylation is 1. The summed E-state index contributed by atoms with van der Waals surface area (Å²) in [5.74, 6) is 0.0820. The predicted molar refractivity (Wildman–Crippen MR) is 51.2 cm³/mol. The zero-order valence-corrected chi connectivity index (χ0v) is 8.38. The summed E-state index contributed by atoms with van der Waals surface area (Å²) in [5.41, 5.74) is 1.67. The Kier molecular flexibility index (Phi) is 3.04. The molecule has 1 rings (SSSR count). The van der Waals surface area contributed by atoms with Crippen LogP contribution < -0.4 is 0 Å². The highest BCUT2D eigenvalue weighted by Crippen LogP contribution is 2.07. The number of alkyl halides is 1. The van der Waals surface area contributed by atoms with Gasteiger partial charge in [-0.05, 0) is 13.3 Å². The lowest BCUT2D eigenvalue weighted by Crippen LogP contribution is -1.97. The van der Waals surface area contributed by atoms with E-state index in [4.69, 9.17) is 0 Å². The van der Waals surface area contributed by atoms with Gasteiger partial charge >= 0.3 is 0 Å². The van der Waals surface area contributed by atoms with Crippen LogP contribution in [-0.4, -0.2) is 20.4 Å². The SMILES string of the molecule is CC(=O)c1cn[nH]c1CCI. The quantitative estimate of drug-likeness (QED) is 0.512. The molecular weight excluding hydrogens is 255 g/mol. The molecule has 1 aromatic rings. The van der Waals surface area contributed by atoms with Gasteiger partial charge in [-0.1, -0.05) is 22.6 Å². The van der Waals surface area contributed by atoms with Gasteiger partial charge in [0.25, 0.3) is 0 Å². The fraction of sp³-hybridized carbons (Fsp3) is 0.429. The summed E-state index contributed by atoms with van der Waals surface area (Å²) in [6, 6.07) is 0. The van der Waals surface area contributed by atoms with Crippen LogP contribution in [0.1, 0.15) is 23.0 Å². The minimum atomic E-state index is 0.0820. The number of hydrogen-bond acceptors (Lipinski definition) is 2. The fourth-order valence-electron chi connectivity index (χ4n) is 0.901. The average Bonchev–Trinajstić information content (AvgIpc) is 2.36. The van der Waals surface area contributed by atoms with Gasteiger partial charge < -0.3 is 0 Å². The molecule has 4 heteroatoms. The molecule has 0 unspecified atom stereocenters. The molecule has 3 nitrogen and oxygen atoms in total. The molecule has 0 aromatic carbocycles. The maximum atomic E-state index is 10.9. The molecule has 11 heavy (non-hydrogen) atoms. The molecular formula is C7H9IN2O. The van der Waals surface area contributed by atoms with Gasteiger partial charge in [0.2, 0.25) is 0 Å². The van der Waals surface area contributed by atoms with Gasteiger partial charge in [0.1, 0.15) is 0 Å². The van der Waals surface area contributed by atoms with Crippen molar-refractivity contribution in [3.63, 3.8) is 0 Å². The van der Waals surface area contributed by atoms with Gasteiger partial charge in [-0.2, -0.15) is 5.10 Å². The second kappa shape index (κ2) is 3.85. The summed E-state index contributed by atoms with van der Waals surface area (Å²) < 4.78 is 1.00. The lowest BCUT2D eigenvalue weighted by atomic mass is 10.1. The fourth-order valence-corrected chi connectivity index (χ4v) is 1.44. The molecule has 0 radical (unpaired) electrons. The molecule has 1 aromatic heterocycles. The second-order valence-electron chi connectivity index (χ2n) is 2.26. The van der Waals surface area contributed by atoms with Gasteiger partial charge in [-0.3, -0.25) is 9.89 Å². The van der Waals surface area contributed by atoms with E-state index < -0.39 is 0 Å². The molecule has 1 heterocycles. The highest BCUT2D eigenvalue weighted by Gasteiger charge is 2.07. The third-order valence-electron chi connectivity index (χ3n) is 1.44. The first kappa shape index (κ1) is 8.70. The van der Waals surface area contributed by atoms with Gasteiger partial charge in [0.05, 0.1) is 11.8 Å². The van der Waals surface area contributed by atoms with E-state index in [2.05, 4.69) is 32.8 Å². The van der Waals surface area contributed by atoms with Crippen molar-refractivity contribution in [3.05, 3.63) is 17.5 Å². The van der Waals surface area contributed by atoms with Crippen LogP contribution in [0.5, 0.6) is 0 Å². The third kappa shape index (κ3) is 2.02. The van der Waals surface area contributed by atoms with Gasteiger partial charge in [-0.25, -0.2) is 0 Å². The number of carbonyl (C=O) groups excluding carboxylic acids is 1. The summed E-state index contributed by atoms with van der Waals surface area (Å²) in [4.78, 5) is 10.9. The van der Waals surface area contributed by atoms with E-state index in [1.807, 2.05) is 0 Å². The number of ketones is 1. The largest absolute Gasteiger partial charge is 0.294 e. The monoisotopic (exact) mass is 264 g/mol. The first-order valence-electron chi connectivity index (χ1n) is 3.35. The number of aromatic nitrogens is 2. The number of nitrogens with one attached hydrogen (secondary N) is 1. The topological polar surface area (TPSA) is 45.8 Å². The predicted octanol–water partition coefficient (Wildman–Crippen LogP) is 1.59. The van der Waals surface area contributed by atoms with E-state index in [9.17, 15) is 4.79 Å². The first-order valence-corrected chi connectivity index (χ1v) is 4.87. The van der Waals surface area contributed by atoms with Crippen molar-refractivity contribution in [2.45, 2.75) is 13.3 Å². The van der Waals surface area contributed by atoms with Crippen LogP contribution in [0.3, 0.4) is 0 Å². The highest BCUT2D eigenvalue weighted by molar-refractivity contribution is 14.1. The van der Waals surface area contributed by atoms with E-state index in [0.717, 1.165) is 22.1 Å². The van der Waals surface area contributed by atoms with Crippen molar-refractivity contribution in [3.8, 4) is 0 Å². The smallest absolute Gasteiger partial charge is 0.163 e. The summed E-state index contributed by atoms with van der Waals surface area (Å²) in [5, 5.41) is 6.63. The molecule has 0 aliphatic rings. The molecule has 0 aliphatic heterocycles. The number of carbonyl (C=O) groups is 1. The number of halogens is 1. The van der Waals surface area contributed by atoms with Gasteiger partial charge in [-0.15, -0.1) is 0 Å². The molecule has 0 atom stereocenters. The van der Waals surface area contributed by atoms with Crippen LogP contribution in [0, 0.1) is 0 Å². The summed E-state index contributed by atoms with van der Waals surface area (Å²) in [7, 11) is 0. The third-order valence-corrected chi connectivity index (χ3v) is 1.98. The Balaban J connectivity index is 2.87. The molecule has 0 amide bonds. The standard InChI is InChI=1S/C7H9IN2O/c1-5(11)6-4-9-10-7(6)2-3-8/h4H,2-3H2,1H3,(H,9,10). The van der Waals surface area contributed by atoms with Crippen LogP contribution in [0.4, 0.5) is 0 Å². The number of rotatable bonds is 3. The van der Waals surface area contributed by atoms with E-state index in [0.29, 0.717) is 0 Å². The first-order chi connectivity index (χ1) is 5.25. The lowest BCUT2D eigenvalue weighted by Gasteiger charge is -1.94. The Bertz CT molecular complexity index is 257. The molecule has 0 aliphatic carbocycles. The lowest BCUT2D eigenvalue weighted by molar-refractivity contribution is 0.101. The Labute approximate surface area is 78.7 Å². The summed E-state index contributed by atoms with van der Waals surface area (Å²) >= 11 is 2.27. The van der Waals surface area contributed by atoms with Crippen LogP contribution in [0.25, 0.3) is 0 Å². The molecule has 0 spiro atoms. The van der Waals surface area contributed by atoms with E-state index in [1.165, 1.54) is 0 Å². The van der Waals surface area contributed by atoms with Crippen molar-refractivity contribution >= 4 is 28.4 Å². The highest BCUT2D eigenvalue weighted by atomic mass is 127. The molecule has 0 saturated heterocycles. The van der Waals surface area contributed by atoms with Crippen LogP contribution >= 0.6 is 22.6 Å². The number of H-pyrrole nitrogens is 1. The van der Waals surface area contributed by atoms with E-state index >= 15 is 0 Å². The molecule has 0 bridgehead atoms. The van der Waals surface area contributed by atoms with Gasteiger partial charge in [0.15, 0.2) is 5.78 Å². The molecule has 60 valence electrons. The van der Waals surface area contributed by atoms with E-state index in [1.54, 1.807) is 13.1 Å². The van der Waals surface area contributed by atoms with Crippen LogP contribution in [0.15, 0.2) is 6.20 Å². The van der Waals surface area contributed by atoms with Crippen molar-refractivity contribution in [2.24, 2.45) is 0 Å². The number of aromatic amines is 1. The number of Topliss-reactive ketones (excluding diaryl/α,β-unsaturated/α-hetero) is 1. The van der Waals surface area contributed by atoms with Crippen molar-refractivity contribution in [2.75, 3.05) is 4.43 Å². The number of hydrogen-bond donors (Lipinski definition) is 1. The minimum Gasteiger partial charge on any atom is -0.294 e. The maximum absolute atomic E-state index is 10.9. The van der Waals surface area contributed by atoms with Crippen molar-refractivity contribution < 1.29 is 4.79 Å². The zero-order chi connectivity index (χ0) is 8.27. The summed E-state index contributed by atoms with van der Waals surface area (Å²) in [6.07, 6.45) is 2.47. The normalized spacial score (nSPS) is 10.0.